The monoisotopic (exact) mass is 288 g/mol. The van der Waals surface area contributed by atoms with Gasteiger partial charge in [0, 0.05) is 18.5 Å². The number of halogens is 1. The molecule has 21 heavy (non-hydrogen) atoms. The molecule has 0 bridgehead atoms. The Hall–Kier alpha value is -1.68. The molecule has 3 rings (SSSR count). The highest BCUT2D eigenvalue weighted by molar-refractivity contribution is 5.18. The topological polar surface area (TPSA) is 29.3 Å². The first-order chi connectivity index (χ1) is 10.1. The zero-order valence-electron chi connectivity index (χ0n) is 12.6. The number of likely N-dealkylation sites (tertiary alicyclic amines) is 1. The van der Waals surface area contributed by atoms with Crippen molar-refractivity contribution in [3.05, 3.63) is 53.2 Å². The summed E-state index contributed by atoms with van der Waals surface area (Å²) in [6.45, 7) is 5.98. The highest BCUT2D eigenvalue weighted by Crippen LogP contribution is 2.33. The number of hydrogen-bond acceptors (Lipinski definition) is 3. The van der Waals surface area contributed by atoms with E-state index >= 15 is 0 Å². The number of nitrogens with zero attached hydrogens (tertiary/aromatic N) is 2. The normalized spacial score (nSPS) is 19.5. The lowest BCUT2D eigenvalue weighted by molar-refractivity contribution is 0.236. The molecule has 1 aromatic heterocycles. The highest BCUT2D eigenvalue weighted by Gasteiger charge is 2.29. The summed E-state index contributed by atoms with van der Waals surface area (Å²) in [4.78, 5) is 2.36. The van der Waals surface area contributed by atoms with Crippen LogP contribution in [0.2, 0.25) is 0 Å². The predicted molar refractivity (Wildman–Crippen MR) is 79.4 cm³/mol. The minimum absolute atomic E-state index is 0.174. The lowest BCUT2D eigenvalue weighted by Gasteiger charge is -2.22. The maximum absolute atomic E-state index is 13.3. The van der Waals surface area contributed by atoms with Crippen LogP contribution in [0, 0.1) is 5.82 Å². The first-order valence-electron chi connectivity index (χ1n) is 7.58. The molecule has 1 aromatic carbocycles. The summed E-state index contributed by atoms with van der Waals surface area (Å²) in [5.74, 6) is 1.11. The average molecular weight is 288 g/mol. The van der Waals surface area contributed by atoms with Crippen LogP contribution < -0.4 is 0 Å². The summed E-state index contributed by atoms with van der Waals surface area (Å²) in [5, 5.41) is 4.24. The molecule has 1 aliphatic heterocycles. The van der Waals surface area contributed by atoms with Crippen LogP contribution in [0.25, 0.3) is 0 Å². The van der Waals surface area contributed by atoms with Crippen molar-refractivity contribution in [3.8, 4) is 0 Å². The summed E-state index contributed by atoms with van der Waals surface area (Å²) < 4.78 is 18.7. The van der Waals surface area contributed by atoms with E-state index in [0.717, 1.165) is 42.9 Å². The van der Waals surface area contributed by atoms with Crippen molar-refractivity contribution in [2.24, 2.45) is 0 Å². The summed E-state index contributed by atoms with van der Waals surface area (Å²) in [7, 11) is 0. The molecule has 1 aliphatic rings. The van der Waals surface area contributed by atoms with Crippen molar-refractivity contribution in [1.29, 1.82) is 0 Å². The van der Waals surface area contributed by atoms with Gasteiger partial charge >= 0.3 is 0 Å². The second-order valence-corrected chi connectivity index (χ2v) is 6.07. The van der Waals surface area contributed by atoms with E-state index in [2.05, 4.69) is 30.0 Å². The van der Waals surface area contributed by atoms with Gasteiger partial charge in [-0.1, -0.05) is 31.1 Å². The highest BCUT2D eigenvalue weighted by atomic mass is 19.1. The van der Waals surface area contributed by atoms with Gasteiger partial charge in [0.25, 0.3) is 0 Å². The molecule has 2 aromatic rings. The minimum atomic E-state index is -0.174. The number of benzene rings is 1. The van der Waals surface area contributed by atoms with Gasteiger partial charge in [-0.2, -0.15) is 0 Å². The molecule has 0 aliphatic carbocycles. The van der Waals surface area contributed by atoms with Gasteiger partial charge < -0.3 is 4.52 Å². The molecule has 1 saturated heterocycles. The second kappa shape index (κ2) is 5.98. The van der Waals surface area contributed by atoms with E-state index in [9.17, 15) is 4.39 Å². The van der Waals surface area contributed by atoms with Gasteiger partial charge in [-0.25, -0.2) is 4.39 Å². The molecular formula is C17H21FN2O. The Bertz CT molecular complexity index is 608. The summed E-state index contributed by atoms with van der Waals surface area (Å²) in [6, 6.07) is 9.18. The number of rotatable bonds is 4. The zero-order chi connectivity index (χ0) is 14.8. The van der Waals surface area contributed by atoms with Crippen LogP contribution >= 0.6 is 0 Å². The van der Waals surface area contributed by atoms with Gasteiger partial charge in [0.1, 0.15) is 17.3 Å². The van der Waals surface area contributed by atoms with E-state index < -0.39 is 0 Å². The maximum atomic E-state index is 13.3. The van der Waals surface area contributed by atoms with Crippen molar-refractivity contribution < 1.29 is 8.91 Å². The quantitative estimate of drug-likeness (QED) is 0.841. The second-order valence-electron chi connectivity index (χ2n) is 6.07. The number of aromatic nitrogens is 1. The molecule has 112 valence electrons. The van der Waals surface area contributed by atoms with E-state index in [1.54, 1.807) is 12.1 Å². The van der Waals surface area contributed by atoms with Crippen molar-refractivity contribution in [1.82, 2.24) is 10.1 Å². The Kier molecular flexibility index (Phi) is 4.06. The van der Waals surface area contributed by atoms with Gasteiger partial charge in [0.2, 0.25) is 0 Å². The average Bonchev–Trinajstić information content (AvgIpc) is 3.06. The molecule has 4 heteroatoms. The fraction of sp³-hybridized carbons (Fsp3) is 0.471. The molecule has 0 N–H and O–H groups in total. The maximum Gasteiger partial charge on any atom is 0.139 e. The van der Waals surface area contributed by atoms with Crippen molar-refractivity contribution in [2.45, 2.75) is 45.2 Å². The smallest absolute Gasteiger partial charge is 0.139 e. The van der Waals surface area contributed by atoms with Crippen molar-refractivity contribution in [2.75, 3.05) is 6.54 Å². The van der Waals surface area contributed by atoms with Crippen LogP contribution in [-0.4, -0.2) is 16.6 Å². The molecule has 0 radical (unpaired) electrons. The SMILES string of the molecule is CC(C)c1cc([C@@H]2CCCN2Cc2cccc(F)c2)no1. The Morgan fingerprint density at radius 2 is 2.24 bits per heavy atom. The molecule has 0 spiro atoms. The fourth-order valence-corrected chi connectivity index (χ4v) is 2.95. The molecule has 0 unspecified atom stereocenters. The third-order valence-electron chi connectivity index (χ3n) is 4.10. The Balaban J connectivity index is 1.75. The van der Waals surface area contributed by atoms with E-state index in [1.165, 1.54) is 6.07 Å². The van der Waals surface area contributed by atoms with E-state index in [4.69, 9.17) is 4.52 Å². The fourth-order valence-electron chi connectivity index (χ4n) is 2.95. The molecule has 3 nitrogen and oxygen atoms in total. The van der Waals surface area contributed by atoms with Crippen LogP contribution in [0.3, 0.4) is 0 Å². The van der Waals surface area contributed by atoms with Gasteiger partial charge in [-0.05, 0) is 37.1 Å². The zero-order valence-corrected chi connectivity index (χ0v) is 12.6. The minimum Gasteiger partial charge on any atom is -0.361 e. The Labute approximate surface area is 124 Å². The molecule has 1 fully saturated rings. The standard InChI is InChI=1S/C17H21FN2O/c1-12(2)17-10-15(19-21-17)16-7-4-8-20(16)11-13-5-3-6-14(18)9-13/h3,5-6,9-10,12,16H,4,7-8,11H2,1-2H3/t16-/m0/s1. The molecule has 0 amide bonds. The third kappa shape index (κ3) is 3.16. The van der Waals surface area contributed by atoms with Crippen LogP contribution in [0.1, 0.15) is 55.7 Å². The number of hydrogen-bond donors (Lipinski definition) is 0. The Morgan fingerprint density at radius 1 is 1.38 bits per heavy atom. The largest absolute Gasteiger partial charge is 0.361 e. The summed E-state index contributed by atoms with van der Waals surface area (Å²) in [6.07, 6.45) is 2.23. The van der Waals surface area contributed by atoms with Crippen LogP contribution in [0.4, 0.5) is 4.39 Å². The first-order valence-corrected chi connectivity index (χ1v) is 7.58. The first kappa shape index (κ1) is 14.3. The summed E-state index contributed by atoms with van der Waals surface area (Å²) in [5.41, 5.74) is 2.02. The Morgan fingerprint density at radius 3 is 2.95 bits per heavy atom. The van der Waals surface area contributed by atoms with E-state index in [0.29, 0.717) is 5.92 Å². The molecule has 2 heterocycles. The van der Waals surface area contributed by atoms with E-state index in [1.807, 2.05) is 6.07 Å². The lowest BCUT2D eigenvalue weighted by atomic mass is 10.1. The van der Waals surface area contributed by atoms with E-state index in [-0.39, 0.29) is 11.9 Å². The van der Waals surface area contributed by atoms with Gasteiger partial charge in [-0.3, -0.25) is 4.90 Å². The summed E-state index contributed by atoms with van der Waals surface area (Å²) >= 11 is 0. The van der Waals surface area contributed by atoms with Gasteiger partial charge in [0.05, 0.1) is 6.04 Å². The van der Waals surface area contributed by atoms with Crippen molar-refractivity contribution in [3.63, 3.8) is 0 Å². The molecular weight excluding hydrogens is 267 g/mol. The predicted octanol–water partition coefficient (Wildman–Crippen LogP) is 4.27. The van der Waals surface area contributed by atoms with Crippen LogP contribution in [-0.2, 0) is 6.54 Å². The molecule has 0 saturated carbocycles. The van der Waals surface area contributed by atoms with Crippen LogP contribution in [0.5, 0.6) is 0 Å². The third-order valence-corrected chi connectivity index (χ3v) is 4.10. The van der Waals surface area contributed by atoms with Gasteiger partial charge in [0.15, 0.2) is 0 Å². The lowest BCUT2D eigenvalue weighted by Crippen LogP contribution is -2.23. The van der Waals surface area contributed by atoms with Gasteiger partial charge in [-0.15, -0.1) is 0 Å². The van der Waals surface area contributed by atoms with Crippen LogP contribution in [0.15, 0.2) is 34.9 Å². The molecule has 1 atom stereocenters. The van der Waals surface area contributed by atoms with Crippen molar-refractivity contribution >= 4 is 0 Å².